The van der Waals surface area contributed by atoms with Crippen LogP contribution in [0.3, 0.4) is 0 Å². The Morgan fingerprint density at radius 1 is 1.00 bits per heavy atom. The van der Waals surface area contributed by atoms with Crippen LogP contribution in [0.5, 0.6) is 0 Å². The Bertz CT molecular complexity index is 1740. The first-order chi connectivity index (χ1) is 18.0. The van der Waals surface area contributed by atoms with Crippen molar-refractivity contribution in [1.82, 2.24) is 35.0 Å². The lowest BCUT2D eigenvalue weighted by molar-refractivity contribution is 0.402. The topological polar surface area (TPSA) is 86.4 Å². The van der Waals surface area contributed by atoms with Crippen LogP contribution in [0.15, 0.2) is 72.6 Å². The van der Waals surface area contributed by atoms with Gasteiger partial charge in [-0.15, -0.1) is 0 Å². The normalized spacial score (nSPS) is 16.3. The number of aromatic amines is 2. The van der Waals surface area contributed by atoms with Crippen molar-refractivity contribution in [1.29, 1.82) is 0 Å². The third-order valence-electron chi connectivity index (χ3n) is 6.88. The number of fused-ring (bicyclic) bond motifs is 4. The lowest BCUT2D eigenvalue weighted by Gasteiger charge is -2.10. The molecule has 2 aliphatic carbocycles. The molecule has 182 valence electrons. The summed E-state index contributed by atoms with van der Waals surface area (Å²) in [6.07, 6.45) is 8.90. The molecule has 2 aliphatic rings. The molecule has 0 amide bonds. The van der Waals surface area contributed by atoms with Crippen LogP contribution < -0.4 is 0 Å². The molecule has 0 saturated heterocycles. The zero-order valence-electron chi connectivity index (χ0n) is 20.5. The molecule has 1 saturated carbocycles. The van der Waals surface area contributed by atoms with Crippen molar-refractivity contribution in [2.24, 2.45) is 0 Å². The zero-order chi connectivity index (χ0) is 25.1. The lowest BCUT2D eigenvalue weighted by Crippen LogP contribution is -2.10. The number of aromatic nitrogens is 6. The molecule has 7 nitrogen and oxygen atoms in total. The van der Waals surface area contributed by atoms with E-state index in [4.69, 9.17) is 9.97 Å². The number of nitrogens with zero attached hydrogens (tertiary/aromatic N) is 5. The molecular weight excluding hydrogens is 465 g/mol. The molecule has 2 N–H and O–H groups in total. The van der Waals surface area contributed by atoms with Crippen molar-refractivity contribution in [3.05, 3.63) is 101 Å². The third kappa shape index (κ3) is 3.86. The van der Waals surface area contributed by atoms with E-state index >= 15 is 0 Å². The largest absolute Gasteiger partial charge is 0.339 e. The van der Waals surface area contributed by atoms with Crippen LogP contribution in [0.1, 0.15) is 34.9 Å². The minimum atomic E-state index is -0.267. The number of nitrogens with one attached hydrogen (secondary N) is 2. The molecule has 5 aromatic rings. The van der Waals surface area contributed by atoms with Gasteiger partial charge < -0.3 is 9.88 Å². The Morgan fingerprint density at radius 2 is 1.92 bits per heavy atom. The van der Waals surface area contributed by atoms with E-state index in [0.29, 0.717) is 17.4 Å². The molecule has 1 aromatic carbocycles. The van der Waals surface area contributed by atoms with E-state index in [1.807, 2.05) is 50.8 Å². The summed E-state index contributed by atoms with van der Waals surface area (Å²) < 4.78 is 14.1. The second kappa shape index (κ2) is 8.31. The Hall–Kier alpha value is -4.43. The van der Waals surface area contributed by atoms with Crippen LogP contribution in [0.4, 0.5) is 4.39 Å². The highest BCUT2D eigenvalue weighted by atomic mass is 19.1. The van der Waals surface area contributed by atoms with Crippen molar-refractivity contribution in [2.75, 3.05) is 14.1 Å². The molecule has 0 bridgehead atoms. The van der Waals surface area contributed by atoms with E-state index in [9.17, 15) is 4.39 Å². The number of benzene rings is 1. The van der Waals surface area contributed by atoms with Crippen LogP contribution in [-0.4, -0.2) is 49.1 Å². The smallest absolute Gasteiger partial charge is 0.161 e. The van der Waals surface area contributed by atoms with Gasteiger partial charge in [0.1, 0.15) is 11.3 Å². The molecule has 1 fully saturated rings. The zero-order valence-corrected chi connectivity index (χ0v) is 20.5. The van der Waals surface area contributed by atoms with E-state index in [-0.39, 0.29) is 5.82 Å². The van der Waals surface area contributed by atoms with Gasteiger partial charge in [-0.05, 0) is 62.0 Å². The van der Waals surface area contributed by atoms with E-state index in [0.717, 1.165) is 63.3 Å². The first-order valence-electron chi connectivity index (χ1n) is 12.2. The minimum absolute atomic E-state index is 0.267. The van der Waals surface area contributed by atoms with Gasteiger partial charge in [-0.1, -0.05) is 29.9 Å². The van der Waals surface area contributed by atoms with Crippen LogP contribution in [0.25, 0.3) is 39.4 Å². The highest BCUT2D eigenvalue weighted by Crippen LogP contribution is 2.51. The molecule has 4 heterocycles. The van der Waals surface area contributed by atoms with Crippen LogP contribution in [-0.2, 0) is 6.54 Å². The van der Waals surface area contributed by atoms with E-state index in [1.165, 1.54) is 11.6 Å². The number of rotatable bonds is 5. The summed E-state index contributed by atoms with van der Waals surface area (Å²) in [7, 11) is 4.07. The standard InChI is InChI=1S/C29H24FN7/c1-37(2)15-16-10-19(14-31-13-16)23-8-9-24-27(32-23)28(36-35-24)29-33-25-21(17-4-3-5-20(30)11-17)7-6-18-12-22(18)26(25)34-29/h3-11,13-14,22H,12,15H2,1-2H3,(H,33,34)(H,35,36). The molecule has 7 rings (SSSR count). The van der Waals surface area contributed by atoms with Crippen LogP contribution >= 0.6 is 0 Å². The van der Waals surface area contributed by atoms with E-state index in [1.54, 1.807) is 12.1 Å². The Labute approximate surface area is 212 Å². The van der Waals surface area contributed by atoms with Crippen molar-refractivity contribution in [3.8, 4) is 22.8 Å². The van der Waals surface area contributed by atoms with Gasteiger partial charge in [-0.2, -0.15) is 5.10 Å². The predicted octanol–water partition coefficient (Wildman–Crippen LogP) is 5.47. The van der Waals surface area contributed by atoms with E-state index < -0.39 is 0 Å². The second-order valence-corrected chi connectivity index (χ2v) is 9.92. The Morgan fingerprint density at radius 3 is 2.78 bits per heavy atom. The average Bonchev–Trinajstić information content (AvgIpc) is 3.37. The van der Waals surface area contributed by atoms with Gasteiger partial charge >= 0.3 is 0 Å². The first-order valence-corrected chi connectivity index (χ1v) is 12.2. The third-order valence-corrected chi connectivity index (χ3v) is 6.88. The number of halogens is 1. The maximum atomic E-state index is 14.1. The van der Waals surface area contributed by atoms with Gasteiger partial charge in [0.05, 0.1) is 22.6 Å². The molecule has 0 radical (unpaired) electrons. The second-order valence-electron chi connectivity index (χ2n) is 9.92. The summed E-state index contributed by atoms with van der Waals surface area (Å²) in [6.45, 7) is 0.802. The van der Waals surface area contributed by atoms with Gasteiger partial charge in [-0.25, -0.2) is 14.4 Å². The molecule has 1 unspecified atom stereocenters. The number of pyridine rings is 2. The molecule has 1 atom stereocenters. The molecule has 4 aromatic heterocycles. The first kappa shape index (κ1) is 21.8. The Kier molecular flexibility index (Phi) is 4.90. The van der Waals surface area contributed by atoms with E-state index in [2.05, 4.69) is 37.2 Å². The maximum Gasteiger partial charge on any atom is 0.161 e. The summed E-state index contributed by atoms with van der Waals surface area (Å²) in [5, 5.41) is 7.67. The van der Waals surface area contributed by atoms with Crippen molar-refractivity contribution >= 4 is 16.6 Å². The van der Waals surface area contributed by atoms with Gasteiger partial charge in [0.15, 0.2) is 11.5 Å². The number of imidazole rings is 1. The van der Waals surface area contributed by atoms with Gasteiger partial charge in [0, 0.05) is 36.0 Å². The molecule has 0 aliphatic heterocycles. The number of hydrogen-bond acceptors (Lipinski definition) is 5. The monoisotopic (exact) mass is 489 g/mol. The SMILES string of the molecule is CN(C)Cc1cncc(-c2ccc3[nH]nc(-c4nc5c([nH]4)C4CC4=CC=C5c4cccc(F)c4)c3n2)c1. The summed E-state index contributed by atoms with van der Waals surface area (Å²) in [5.74, 6) is 0.686. The van der Waals surface area contributed by atoms with Crippen LogP contribution in [0.2, 0.25) is 0 Å². The highest BCUT2D eigenvalue weighted by Gasteiger charge is 2.38. The lowest BCUT2D eigenvalue weighted by atomic mass is 10.0. The van der Waals surface area contributed by atoms with Crippen LogP contribution in [0, 0.1) is 5.82 Å². The number of allylic oxidation sites excluding steroid dienone is 3. The summed E-state index contributed by atoms with van der Waals surface area (Å²) in [4.78, 5) is 20.0. The number of hydrogen-bond donors (Lipinski definition) is 2. The van der Waals surface area contributed by atoms with Gasteiger partial charge in [-0.3, -0.25) is 10.1 Å². The predicted molar refractivity (Wildman–Crippen MR) is 141 cm³/mol. The fraction of sp³-hybridized carbons (Fsp3) is 0.172. The molecule has 37 heavy (non-hydrogen) atoms. The number of H-pyrrole nitrogens is 2. The van der Waals surface area contributed by atoms with Crippen molar-refractivity contribution < 1.29 is 4.39 Å². The average molecular weight is 490 g/mol. The Balaban J connectivity index is 1.32. The fourth-order valence-corrected chi connectivity index (χ4v) is 5.07. The molecule has 8 heteroatoms. The minimum Gasteiger partial charge on any atom is -0.339 e. The highest BCUT2D eigenvalue weighted by molar-refractivity contribution is 5.90. The maximum absolute atomic E-state index is 14.1. The van der Waals surface area contributed by atoms with Gasteiger partial charge in [0.25, 0.3) is 0 Å². The van der Waals surface area contributed by atoms with Crippen molar-refractivity contribution in [3.63, 3.8) is 0 Å². The summed E-state index contributed by atoms with van der Waals surface area (Å²) in [6, 6.07) is 12.7. The summed E-state index contributed by atoms with van der Waals surface area (Å²) in [5.41, 5.74) is 10.0. The molecular formula is C29H24FN7. The fourth-order valence-electron chi connectivity index (χ4n) is 5.07. The summed E-state index contributed by atoms with van der Waals surface area (Å²) >= 11 is 0. The quantitative estimate of drug-likeness (QED) is 0.342. The molecule has 0 spiro atoms. The van der Waals surface area contributed by atoms with Crippen molar-refractivity contribution in [2.45, 2.75) is 18.9 Å². The van der Waals surface area contributed by atoms with Gasteiger partial charge in [0.2, 0.25) is 0 Å².